The Morgan fingerprint density at radius 2 is 0.628 bits per heavy atom. The smallest absolute Gasteiger partial charge is 0.376 e. The van der Waals surface area contributed by atoms with Gasteiger partial charge >= 0.3 is 17.6 Å². The molecule has 0 spiro atoms. The van der Waals surface area contributed by atoms with Crippen LogP contribution in [0.2, 0.25) is 0 Å². The van der Waals surface area contributed by atoms with Gasteiger partial charge in [-0.1, -0.05) is 151 Å². The van der Waals surface area contributed by atoms with Crippen LogP contribution in [0.25, 0.3) is 0 Å². The van der Waals surface area contributed by atoms with Crippen LogP contribution in [0.3, 0.4) is 0 Å². The van der Waals surface area contributed by atoms with E-state index in [0.717, 1.165) is 12.8 Å². The molecular weight excluding hydrogens is 673 g/mol. The Morgan fingerprint density at radius 1 is 0.372 bits per heavy atom. The van der Waals surface area contributed by atoms with Crippen molar-refractivity contribution in [2.45, 2.75) is 152 Å². The molecule has 0 aliphatic carbocycles. The molecule has 0 bridgehead atoms. The highest BCUT2D eigenvalue weighted by molar-refractivity contribution is 9.35. The Morgan fingerprint density at radius 3 is 0.884 bits per heavy atom. The molecule has 260 valence electrons. The lowest BCUT2D eigenvalue weighted by Gasteiger charge is -2.32. The molecule has 0 saturated carbocycles. The van der Waals surface area contributed by atoms with Crippen LogP contribution < -0.4 is 0 Å². The Balaban J connectivity index is 4.74. The highest BCUT2D eigenvalue weighted by atomic mass is 33.8. The van der Waals surface area contributed by atoms with E-state index in [4.69, 9.17) is 26.6 Å². The first-order valence-corrected chi connectivity index (χ1v) is 26.5. The Bertz CT molecular complexity index is 531. The number of hydrogen-bond donors (Lipinski definition) is 0. The van der Waals surface area contributed by atoms with Crippen molar-refractivity contribution < 1.29 is 26.6 Å². The zero-order valence-corrected chi connectivity index (χ0v) is 34.9. The molecule has 0 N–H and O–H groups in total. The predicted molar refractivity (Wildman–Crippen MR) is 203 cm³/mol. The van der Waals surface area contributed by atoms with Gasteiger partial charge in [0.15, 0.2) is 0 Å². The topological polar surface area (TPSA) is 55.4 Å². The summed E-state index contributed by atoms with van der Waals surface area (Å²) in [6, 6.07) is 0. The van der Waals surface area contributed by atoms with E-state index in [2.05, 4.69) is 13.8 Å². The van der Waals surface area contributed by atoms with Crippen molar-refractivity contribution in [2.24, 2.45) is 0 Å². The minimum Gasteiger partial charge on any atom is -0.376 e. The lowest BCUT2D eigenvalue weighted by atomic mass is 10.1. The van der Waals surface area contributed by atoms with E-state index in [9.17, 15) is 0 Å². The average molecular weight is 739 g/mol. The molecule has 0 aromatic rings. The van der Waals surface area contributed by atoms with Crippen molar-refractivity contribution in [2.75, 3.05) is 42.7 Å². The van der Waals surface area contributed by atoms with Crippen molar-refractivity contribution in [1.82, 2.24) is 0 Å². The van der Waals surface area contributed by atoms with Gasteiger partial charge in [0, 0.05) is 42.7 Å². The molecule has 0 aliphatic heterocycles. The lowest BCUT2D eigenvalue weighted by molar-refractivity contribution is 0.120. The van der Waals surface area contributed by atoms with E-state index in [1.807, 2.05) is 21.6 Å². The summed E-state index contributed by atoms with van der Waals surface area (Å²) >= 11 is 0. The number of rotatable bonds is 34. The van der Waals surface area contributed by atoms with Crippen molar-refractivity contribution >= 4 is 68.7 Å². The van der Waals surface area contributed by atoms with Gasteiger partial charge in [-0.2, -0.15) is 0 Å². The van der Waals surface area contributed by atoms with Gasteiger partial charge in [0.2, 0.25) is 0 Å². The Kier molecular flexibility index (Phi) is 32.6. The first kappa shape index (κ1) is 44.9. The molecule has 0 rings (SSSR count). The standard InChI is InChI=1S/C30H66O6S5Si2/c1-9-11-13-15-17-19-21-23-25-27-29(42(31-3,32-4)33-5)37-39-41-40-38-30(43(34-6,35-7)36-8)28-26-24-22-20-18-16-14-12-10-2/h29-30H,9-28H2,1-8H3. The molecule has 2 unspecified atom stereocenters. The van der Waals surface area contributed by atoms with Crippen molar-refractivity contribution in [3.63, 3.8) is 0 Å². The summed E-state index contributed by atoms with van der Waals surface area (Å²) in [6.45, 7) is 4.55. The SMILES string of the molecule is CCCCCCCCCCCC(SSSSSC(CCCCCCCCCCC)[Si](OC)(OC)OC)[Si](OC)(OC)OC. The van der Waals surface area contributed by atoms with E-state index < -0.39 is 17.6 Å². The summed E-state index contributed by atoms with van der Waals surface area (Å²) in [5.41, 5.74) is 0. The number of unbranched alkanes of at least 4 members (excludes halogenated alkanes) is 16. The quantitative estimate of drug-likeness (QED) is 0.0360. The van der Waals surface area contributed by atoms with Gasteiger partial charge in [-0.3, -0.25) is 0 Å². The summed E-state index contributed by atoms with van der Waals surface area (Å²) in [6.07, 6.45) is 25.9. The van der Waals surface area contributed by atoms with Crippen LogP contribution in [-0.4, -0.2) is 70.0 Å². The van der Waals surface area contributed by atoms with Gasteiger partial charge in [-0.25, -0.2) is 0 Å². The molecule has 0 fully saturated rings. The second-order valence-corrected chi connectivity index (χ2v) is 26.1. The van der Waals surface area contributed by atoms with Crippen molar-refractivity contribution in [1.29, 1.82) is 0 Å². The van der Waals surface area contributed by atoms with E-state index in [0.29, 0.717) is 0 Å². The first-order valence-electron chi connectivity index (χ1n) is 16.6. The van der Waals surface area contributed by atoms with Crippen LogP contribution in [0.15, 0.2) is 0 Å². The van der Waals surface area contributed by atoms with Gasteiger partial charge in [-0.05, 0) is 42.3 Å². The van der Waals surface area contributed by atoms with Gasteiger partial charge in [0.1, 0.15) is 0 Å². The lowest BCUT2D eigenvalue weighted by Crippen LogP contribution is -2.52. The minimum absolute atomic E-state index is 0.198. The maximum absolute atomic E-state index is 5.91. The molecule has 2 atom stereocenters. The molecule has 0 radical (unpaired) electrons. The molecule has 6 nitrogen and oxygen atoms in total. The molecule has 43 heavy (non-hydrogen) atoms. The Labute approximate surface area is 288 Å². The van der Waals surface area contributed by atoms with Crippen LogP contribution in [0.4, 0.5) is 0 Å². The maximum Gasteiger partial charge on any atom is 0.514 e. The van der Waals surface area contributed by atoms with Gasteiger partial charge < -0.3 is 26.6 Å². The van der Waals surface area contributed by atoms with Crippen molar-refractivity contribution in [3.8, 4) is 0 Å². The van der Waals surface area contributed by atoms with Gasteiger partial charge in [0.05, 0.1) is 9.75 Å². The van der Waals surface area contributed by atoms with Crippen molar-refractivity contribution in [3.05, 3.63) is 0 Å². The van der Waals surface area contributed by atoms with E-state index in [1.165, 1.54) is 116 Å². The fraction of sp³-hybridized carbons (Fsp3) is 1.00. The van der Waals surface area contributed by atoms with E-state index in [-0.39, 0.29) is 9.75 Å². The molecule has 0 aromatic carbocycles. The zero-order valence-electron chi connectivity index (χ0n) is 28.8. The van der Waals surface area contributed by atoms with Crippen LogP contribution in [-0.2, 0) is 26.6 Å². The highest BCUT2D eigenvalue weighted by Gasteiger charge is 2.49. The molecule has 13 heteroatoms. The van der Waals surface area contributed by atoms with E-state index >= 15 is 0 Å². The first-order chi connectivity index (χ1) is 21.0. The second kappa shape index (κ2) is 31.2. The largest absolute Gasteiger partial charge is 0.514 e. The third-order valence-corrected chi connectivity index (χ3v) is 25.9. The van der Waals surface area contributed by atoms with Crippen LogP contribution in [0.5, 0.6) is 0 Å². The summed E-state index contributed by atoms with van der Waals surface area (Å²) in [4.78, 5) is 0.395. The average Bonchev–Trinajstić information content (AvgIpc) is 3.04. The molecule has 0 aromatic heterocycles. The zero-order chi connectivity index (χ0) is 32.1. The molecule has 0 heterocycles. The maximum atomic E-state index is 5.91. The molecular formula is C30H66O6S5Si2. The normalized spacial score (nSPS) is 14.0. The highest BCUT2D eigenvalue weighted by Crippen LogP contribution is 2.54. The third-order valence-electron chi connectivity index (χ3n) is 8.00. The fourth-order valence-electron chi connectivity index (χ4n) is 5.28. The monoisotopic (exact) mass is 738 g/mol. The van der Waals surface area contributed by atoms with Crippen LogP contribution in [0.1, 0.15) is 142 Å². The third kappa shape index (κ3) is 20.1. The molecule has 0 saturated heterocycles. The van der Waals surface area contributed by atoms with Crippen LogP contribution >= 0.6 is 51.1 Å². The molecule has 0 aliphatic rings. The fourth-order valence-corrected chi connectivity index (χ4v) is 24.8. The number of hydrogen-bond acceptors (Lipinski definition) is 11. The summed E-state index contributed by atoms with van der Waals surface area (Å²) in [7, 11) is 13.9. The van der Waals surface area contributed by atoms with Gasteiger partial charge in [-0.15, -0.1) is 0 Å². The van der Waals surface area contributed by atoms with Crippen LogP contribution in [0, 0.1) is 0 Å². The second-order valence-electron chi connectivity index (χ2n) is 11.0. The minimum atomic E-state index is -2.75. The van der Waals surface area contributed by atoms with E-state index in [1.54, 1.807) is 72.1 Å². The summed E-state index contributed by atoms with van der Waals surface area (Å²) in [5.74, 6) is 0. The Hall–Kier alpha value is 1.94. The predicted octanol–water partition coefficient (Wildman–Crippen LogP) is 11.7. The van der Waals surface area contributed by atoms with Gasteiger partial charge in [0.25, 0.3) is 0 Å². The summed E-state index contributed by atoms with van der Waals surface area (Å²) in [5, 5.41) is 0. The summed E-state index contributed by atoms with van der Waals surface area (Å²) < 4.78 is 35.4. The molecule has 0 amide bonds.